The van der Waals surface area contributed by atoms with Gasteiger partial charge in [-0.1, -0.05) is 18.2 Å². The van der Waals surface area contributed by atoms with Crippen LogP contribution in [-0.2, 0) is 11.3 Å². The second kappa shape index (κ2) is 3.66. The topological polar surface area (TPSA) is 22.0 Å². The Labute approximate surface area is 83.2 Å². The molecule has 0 saturated heterocycles. The predicted molar refractivity (Wildman–Crippen MR) is 57.0 cm³/mol. The highest BCUT2D eigenvalue weighted by molar-refractivity contribution is 5.83. The van der Waals surface area contributed by atoms with Gasteiger partial charge in [0.15, 0.2) is 6.29 Å². The van der Waals surface area contributed by atoms with E-state index < -0.39 is 0 Å². The standard InChI is InChI=1S/C12H12NO/c1-10-9-13(7-4-8-14)12-6-3-2-5-11(10)12/h2-3,5-6,9H,4,7H2,1H3. The molecule has 0 unspecified atom stereocenters. The summed E-state index contributed by atoms with van der Waals surface area (Å²) in [6, 6.07) is 8.23. The van der Waals surface area contributed by atoms with E-state index in [2.05, 4.69) is 29.8 Å². The van der Waals surface area contributed by atoms with Gasteiger partial charge < -0.3 is 4.57 Å². The molecule has 0 spiro atoms. The zero-order valence-corrected chi connectivity index (χ0v) is 8.16. The average molecular weight is 186 g/mol. The highest BCUT2D eigenvalue weighted by Gasteiger charge is 2.03. The first kappa shape index (κ1) is 9.00. The summed E-state index contributed by atoms with van der Waals surface area (Å²) in [5, 5.41) is 1.26. The largest absolute Gasteiger partial charge is 0.347 e. The van der Waals surface area contributed by atoms with Gasteiger partial charge in [0.1, 0.15) is 0 Å². The Bertz CT molecular complexity index is 456. The van der Waals surface area contributed by atoms with Gasteiger partial charge in [0, 0.05) is 30.1 Å². The van der Waals surface area contributed by atoms with Gasteiger partial charge in [0.05, 0.1) is 0 Å². The van der Waals surface area contributed by atoms with E-state index >= 15 is 0 Å². The molecule has 2 aromatic rings. The van der Waals surface area contributed by atoms with Gasteiger partial charge in [0.25, 0.3) is 0 Å². The van der Waals surface area contributed by atoms with Crippen molar-refractivity contribution in [3.8, 4) is 0 Å². The molecule has 2 rings (SSSR count). The highest BCUT2D eigenvalue weighted by Crippen LogP contribution is 2.20. The number of carbonyl (C=O) groups excluding carboxylic acids is 1. The van der Waals surface area contributed by atoms with Crippen molar-refractivity contribution in [3.05, 3.63) is 36.0 Å². The quantitative estimate of drug-likeness (QED) is 0.721. The van der Waals surface area contributed by atoms with Gasteiger partial charge in [0.2, 0.25) is 0 Å². The molecule has 0 N–H and O–H groups in total. The predicted octanol–water partition coefficient (Wildman–Crippen LogP) is 2.45. The second-order valence-electron chi connectivity index (χ2n) is 3.42. The smallest absolute Gasteiger partial charge is 0.200 e. The van der Waals surface area contributed by atoms with E-state index in [0.29, 0.717) is 6.42 Å². The Hall–Kier alpha value is -1.57. The third kappa shape index (κ3) is 1.43. The maximum absolute atomic E-state index is 10.2. The lowest BCUT2D eigenvalue weighted by molar-refractivity contribution is 0.545. The molecular formula is C12H12NO. The van der Waals surface area contributed by atoms with Crippen LogP contribution in [0.5, 0.6) is 0 Å². The van der Waals surface area contributed by atoms with E-state index in [-0.39, 0.29) is 0 Å². The van der Waals surface area contributed by atoms with Gasteiger partial charge >= 0.3 is 0 Å². The number of aryl methyl sites for hydroxylation is 2. The first-order valence-corrected chi connectivity index (χ1v) is 4.72. The molecule has 14 heavy (non-hydrogen) atoms. The first-order valence-electron chi connectivity index (χ1n) is 4.72. The summed E-state index contributed by atoms with van der Waals surface area (Å²) in [7, 11) is 0. The van der Waals surface area contributed by atoms with Crippen molar-refractivity contribution in [1.82, 2.24) is 4.57 Å². The number of para-hydroxylation sites is 1. The number of fused-ring (bicyclic) bond motifs is 1. The number of benzene rings is 1. The number of rotatable bonds is 3. The lowest BCUT2D eigenvalue weighted by Crippen LogP contribution is -1.95. The molecule has 2 nitrogen and oxygen atoms in total. The lowest BCUT2D eigenvalue weighted by atomic mass is 10.2. The first-order chi connectivity index (χ1) is 6.83. The zero-order valence-electron chi connectivity index (χ0n) is 8.16. The fraction of sp³-hybridized carbons (Fsp3) is 0.250. The van der Waals surface area contributed by atoms with Gasteiger partial charge in [-0.05, 0) is 18.6 Å². The molecule has 1 radical (unpaired) electrons. The van der Waals surface area contributed by atoms with Crippen LogP contribution in [0.4, 0.5) is 0 Å². The molecule has 0 saturated carbocycles. The molecule has 71 valence electrons. The van der Waals surface area contributed by atoms with Crippen LogP contribution in [0.3, 0.4) is 0 Å². The van der Waals surface area contributed by atoms with Gasteiger partial charge in [-0.3, -0.25) is 4.79 Å². The monoisotopic (exact) mass is 186 g/mol. The van der Waals surface area contributed by atoms with Crippen molar-refractivity contribution in [2.45, 2.75) is 19.9 Å². The summed E-state index contributed by atoms with van der Waals surface area (Å²) in [6.45, 7) is 2.81. The molecule has 1 aromatic carbocycles. The summed E-state index contributed by atoms with van der Waals surface area (Å²) in [6.07, 6.45) is 4.46. The number of aromatic nitrogens is 1. The van der Waals surface area contributed by atoms with Crippen LogP contribution in [0.15, 0.2) is 30.5 Å². The lowest BCUT2D eigenvalue weighted by Gasteiger charge is -2.00. The minimum atomic E-state index is 0.456. The molecule has 0 aliphatic heterocycles. The number of hydrogen-bond acceptors (Lipinski definition) is 1. The van der Waals surface area contributed by atoms with Gasteiger partial charge in [-0.25, -0.2) is 0 Å². The molecule has 2 heteroatoms. The maximum atomic E-state index is 10.2. The fourth-order valence-electron chi connectivity index (χ4n) is 1.78. The molecule has 0 bridgehead atoms. The fourth-order valence-corrected chi connectivity index (χ4v) is 1.78. The van der Waals surface area contributed by atoms with Gasteiger partial charge in [-0.15, -0.1) is 0 Å². The van der Waals surface area contributed by atoms with Crippen LogP contribution in [0.1, 0.15) is 12.0 Å². The molecule has 1 aromatic heterocycles. The van der Waals surface area contributed by atoms with Crippen molar-refractivity contribution in [2.75, 3.05) is 0 Å². The summed E-state index contributed by atoms with van der Waals surface area (Å²) in [5.41, 5.74) is 2.45. The van der Waals surface area contributed by atoms with Crippen LogP contribution in [0.2, 0.25) is 0 Å². The highest BCUT2D eigenvalue weighted by atomic mass is 16.1. The van der Waals surface area contributed by atoms with E-state index in [9.17, 15) is 4.79 Å². The van der Waals surface area contributed by atoms with Crippen LogP contribution >= 0.6 is 0 Å². The average Bonchev–Trinajstić information content (AvgIpc) is 2.54. The Balaban J connectivity index is 2.49. The van der Waals surface area contributed by atoms with E-state index in [1.807, 2.05) is 18.4 Å². The Morgan fingerprint density at radius 2 is 2.14 bits per heavy atom. The minimum absolute atomic E-state index is 0.456. The maximum Gasteiger partial charge on any atom is 0.200 e. The molecule has 0 atom stereocenters. The Morgan fingerprint density at radius 3 is 2.93 bits per heavy atom. The van der Waals surface area contributed by atoms with E-state index in [0.717, 1.165) is 6.54 Å². The van der Waals surface area contributed by atoms with Gasteiger partial charge in [-0.2, -0.15) is 0 Å². The second-order valence-corrected chi connectivity index (χ2v) is 3.42. The molecule has 0 amide bonds. The third-order valence-electron chi connectivity index (χ3n) is 2.44. The van der Waals surface area contributed by atoms with Crippen LogP contribution < -0.4 is 0 Å². The van der Waals surface area contributed by atoms with Crippen LogP contribution in [0, 0.1) is 6.92 Å². The number of hydrogen-bond donors (Lipinski definition) is 0. The molecule has 0 fully saturated rings. The molecule has 1 heterocycles. The van der Waals surface area contributed by atoms with E-state index in [1.54, 1.807) is 0 Å². The van der Waals surface area contributed by atoms with Crippen LogP contribution in [0.25, 0.3) is 10.9 Å². The molecule has 0 aliphatic rings. The van der Waals surface area contributed by atoms with Crippen LogP contribution in [-0.4, -0.2) is 10.9 Å². The third-order valence-corrected chi connectivity index (χ3v) is 2.44. The molecule has 0 aliphatic carbocycles. The van der Waals surface area contributed by atoms with E-state index in [4.69, 9.17) is 0 Å². The van der Waals surface area contributed by atoms with Crippen molar-refractivity contribution in [2.24, 2.45) is 0 Å². The van der Waals surface area contributed by atoms with Crippen molar-refractivity contribution >= 4 is 17.2 Å². The summed E-state index contributed by atoms with van der Waals surface area (Å²) >= 11 is 0. The normalized spacial score (nSPS) is 10.6. The SMILES string of the molecule is Cc1cn(CC[C]=O)c2ccccc12. The minimum Gasteiger partial charge on any atom is -0.347 e. The summed E-state index contributed by atoms with van der Waals surface area (Å²) in [5.74, 6) is 0. The number of nitrogens with zero attached hydrogens (tertiary/aromatic N) is 1. The Kier molecular flexibility index (Phi) is 2.35. The molecular weight excluding hydrogens is 174 g/mol. The summed E-state index contributed by atoms with van der Waals surface area (Å²) < 4.78 is 2.11. The zero-order chi connectivity index (χ0) is 9.97. The van der Waals surface area contributed by atoms with Crippen molar-refractivity contribution < 1.29 is 4.79 Å². The summed E-state index contributed by atoms with van der Waals surface area (Å²) in [4.78, 5) is 10.2. The van der Waals surface area contributed by atoms with Crippen molar-refractivity contribution in [3.63, 3.8) is 0 Å². The Morgan fingerprint density at radius 1 is 1.36 bits per heavy atom. The van der Waals surface area contributed by atoms with E-state index in [1.165, 1.54) is 16.5 Å². The van der Waals surface area contributed by atoms with Crippen molar-refractivity contribution in [1.29, 1.82) is 0 Å².